The lowest BCUT2D eigenvalue weighted by Gasteiger charge is -2.09. The van der Waals surface area contributed by atoms with Crippen LogP contribution in [0.5, 0.6) is 5.75 Å². The quantitative estimate of drug-likeness (QED) is 0.622. The lowest BCUT2D eigenvalue weighted by Crippen LogP contribution is -2.30. The summed E-state index contributed by atoms with van der Waals surface area (Å²) in [5.41, 5.74) is 4.29. The standard InChI is InChI=1S/C22H25N3O2/c1-17-9-6-7-13-21(17)27-16-22(26)23-14-8-10-19-15-25(24-18(19)2)20-11-4-3-5-12-20/h3-7,9,11-13,15H,8,10,14,16H2,1-2H3,(H,23,26). The Hall–Kier alpha value is -3.08. The van der Waals surface area contributed by atoms with Gasteiger partial charge in [0.1, 0.15) is 5.75 Å². The van der Waals surface area contributed by atoms with Crippen LogP contribution in [0.25, 0.3) is 5.69 Å². The summed E-state index contributed by atoms with van der Waals surface area (Å²) in [4.78, 5) is 11.9. The van der Waals surface area contributed by atoms with E-state index in [1.165, 1.54) is 5.56 Å². The van der Waals surface area contributed by atoms with Crippen molar-refractivity contribution < 1.29 is 9.53 Å². The van der Waals surface area contributed by atoms with E-state index in [-0.39, 0.29) is 12.5 Å². The molecule has 1 aromatic heterocycles. The van der Waals surface area contributed by atoms with Gasteiger partial charge in [-0.25, -0.2) is 4.68 Å². The van der Waals surface area contributed by atoms with E-state index in [2.05, 4.69) is 16.6 Å². The molecule has 0 bridgehead atoms. The molecule has 0 saturated carbocycles. The van der Waals surface area contributed by atoms with E-state index in [0.29, 0.717) is 6.54 Å². The second-order valence-electron chi connectivity index (χ2n) is 6.53. The summed E-state index contributed by atoms with van der Waals surface area (Å²) < 4.78 is 7.46. The van der Waals surface area contributed by atoms with E-state index in [1.807, 2.05) is 73.1 Å². The molecule has 0 fully saturated rings. The molecule has 1 heterocycles. The predicted octanol–water partition coefficient (Wildman–Crippen LogP) is 3.62. The summed E-state index contributed by atoms with van der Waals surface area (Å²) >= 11 is 0. The average molecular weight is 363 g/mol. The number of carbonyl (C=O) groups excluding carboxylic acids is 1. The summed E-state index contributed by atoms with van der Waals surface area (Å²) in [5.74, 6) is 0.645. The first-order valence-electron chi connectivity index (χ1n) is 9.19. The Labute approximate surface area is 160 Å². The van der Waals surface area contributed by atoms with Gasteiger partial charge in [0, 0.05) is 12.7 Å². The molecule has 0 radical (unpaired) electrons. The maximum absolute atomic E-state index is 11.9. The summed E-state index contributed by atoms with van der Waals surface area (Å²) in [6.07, 6.45) is 3.79. The third-order valence-corrected chi connectivity index (χ3v) is 4.42. The van der Waals surface area contributed by atoms with E-state index < -0.39 is 0 Å². The number of carbonyl (C=O) groups is 1. The fourth-order valence-electron chi connectivity index (χ4n) is 2.87. The Balaban J connectivity index is 1.42. The van der Waals surface area contributed by atoms with Gasteiger partial charge in [0.05, 0.1) is 11.4 Å². The molecule has 1 N–H and O–H groups in total. The molecule has 0 aliphatic heterocycles. The van der Waals surface area contributed by atoms with E-state index in [9.17, 15) is 4.79 Å². The van der Waals surface area contributed by atoms with Crippen molar-refractivity contribution in [1.29, 1.82) is 0 Å². The first-order valence-corrected chi connectivity index (χ1v) is 9.19. The minimum absolute atomic E-state index is 0.0375. The van der Waals surface area contributed by atoms with Gasteiger partial charge < -0.3 is 10.1 Å². The fourth-order valence-corrected chi connectivity index (χ4v) is 2.87. The van der Waals surface area contributed by atoms with E-state index >= 15 is 0 Å². The van der Waals surface area contributed by atoms with Crippen LogP contribution in [-0.4, -0.2) is 28.8 Å². The van der Waals surface area contributed by atoms with Gasteiger partial charge in [-0.1, -0.05) is 36.4 Å². The zero-order valence-corrected chi connectivity index (χ0v) is 15.8. The van der Waals surface area contributed by atoms with E-state index in [0.717, 1.165) is 35.5 Å². The molecule has 0 saturated heterocycles. The van der Waals surface area contributed by atoms with Crippen LogP contribution in [0.15, 0.2) is 60.8 Å². The van der Waals surface area contributed by atoms with Crippen LogP contribution in [0.2, 0.25) is 0 Å². The second kappa shape index (κ2) is 9.03. The normalized spacial score (nSPS) is 10.6. The van der Waals surface area contributed by atoms with Crippen molar-refractivity contribution in [3.05, 3.63) is 77.6 Å². The summed E-state index contributed by atoms with van der Waals surface area (Å²) in [6.45, 7) is 4.64. The minimum Gasteiger partial charge on any atom is -0.484 e. The van der Waals surface area contributed by atoms with Crippen molar-refractivity contribution in [2.45, 2.75) is 26.7 Å². The number of aryl methyl sites for hydroxylation is 3. The Bertz CT molecular complexity index is 888. The molecule has 2 aromatic carbocycles. The largest absolute Gasteiger partial charge is 0.484 e. The highest BCUT2D eigenvalue weighted by Gasteiger charge is 2.07. The number of nitrogens with one attached hydrogen (secondary N) is 1. The zero-order chi connectivity index (χ0) is 19.1. The molecule has 0 aliphatic rings. The van der Waals surface area contributed by atoms with Gasteiger partial charge in [-0.2, -0.15) is 5.10 Å². The number of ether oxygens (including phenoxy) is 1. The van der Waals surface area contributed by atoms with Crippen molar-refractivity contribution >= 4 is 5.91 Å². The average Bonchev–Trinajstić information content (AvgIpc) is 3.06. The molecule has 3 aromatic rings. The van der Waals surface area contributed by atoms with Crippen LogP contribution in [0.1, 0.15) is 23.2 Å². The van der Waals surface area contributed by atoms with E-state index in [1.54, 1.807) is 0 Å². The van der Waals surface area contributed by atoms with Crippen molar-refractivity contribution in [1.82, 2.24) is 15.1 Å². The molecule has 5 heteroatoms. The molecule has 0 aliphatic carbocycles. The summed E-state index contributed by atoms with van der Waals surface area (Å²) in [5, 5.41) is 7.48. The third-order valence-electron chi connectivity index (χ3n) is 4.42. The maximum atomic E-state index is 11.9. The highest BCUT2D eigenvalue weighted by Crippen LogP contribution is 2.16. The molecule has 0 unspecified atom stereocenters. The highest BCUT2D eigenvalue weighted by atomic mass is 16.5. The first-order chi connectivity index (χ1) is 13.1. The lowest BCUT2D eigenvalue weighted by atomic mass is 10.1. The predicted molar refractivity (Wildman–Crippen MR) is 106 cm³/mol. The van der Waals surface area contributed by atoms with Gasteiger partial charge >= 0.3 is 0 Å². The Morgan fingerprint density at radius 1 is 1.07 bits per heavy atom. The van der Waals surface area contributed by atoms with Gasteiger partial charge in [0.2, 0.25) is 0 Å². The number of nitrogens with zero attached hydrogens (tertiary/aromatic N) is 2. The van der Waals surface area contributed by atoms with Gasteiger partial charge in [0.15, 0.2) is 6.61 Å². The van der Waals surface area contributed by atoms with Crippen molar-refractivity contribution in [2.24, 2.45) is 0 Å². The fraction of sp³-hybridized carbons (Fsp3) is 0.273. The van der Waals surface area contributed by atoms with Gasteiger partial charge in [0.25, 0.3) is 5.91 Å². The number of hydrogen-bond acceptors (Lipinski definition) is 3. The number of amides is 1. The van der Waals surface area contributed by atoms with Crippen LogP contribution in [-0.2, 0) is 11.2 Å². The SMILES string of the molecule is Cc1ccccc1OCC(=O)NCCCc1cn(-c2ccccc2)nc1C. The molecule has 140 valence electrons. The van der Waals surface area contributed by atoms with Crippen molar-refractivity contribution in [3.8, 4) is 11.4 Å². The second-order valence-corrected chi connectivity index (χ2v) is 6.53. The molecule has 1 amide bonds. The smallest absolute Gasteiger partial charge is 0.257 e. The van der Waals surface area contributed by atoms with Crippen molar-refractivity contribution in [3.63, 3.8) is 0 Å². The number of aromatic nitrogens is 2. The van der Waals surface area contributed by atoms with Crippen LogP contribution in [0, 0.1) is 13.8 Å². The van der Waals surface area contributed by atoms with Gasteiger partial charge in [-0.15, -0.1) is 0 Å². The maximum Gasteiger partial charge on any atom is 0.257 e. The van der Waals surface area contributed by atoms with Crippen LogP contribution < -0.4 is 10.1 Å². The molecular weight excluding hydrogens is 338 g/mol. The number of hydrogen-bond donors (Lipinski definition) is 1. The molecule has 27 heavy (non-hydrogen) atoms. The van der Waals surface area contributed by atoms with Gasteiger partial charge in [-0.3, -0.25) is 4.79 Å². The van der Waals surface area contributed by atoms with Gasteiger partial charge in [-0.05, 0) is 56.0 Å². The Morgan fingerprint density at radius 3 is 2.59 bits per heavy atom. The molecular formula is C22H25N3O2. The lowest BCUT2D eigenvalue weighted by molar-refractivity contribution is -0.123. The van der Waals surface area contributed by atoms with E-state index in [4.69, 9.17) is 4.74 Å². The Morgan fingerprint density at radius 2 is 1.81 bits per heavy atom. The molecule has 0 spiro atoms. The van der Waals surface area contributed by atoms with Crippen LogP contribution in [0.4, 0.5) is 0 Å². The first kappa shape index (κ1) is 18.7. The molecule has 5 nitrogen and oxygen atoms in total. The van der Waals surface area contributed by atoms with Crippen LogP contribution >= 0.6 is 0 Å². The highest BCUT2D eigenvalue weighted by molar-refractivity contribution is 5.77. The molecule has 3 rings (SSSR count). The van der Waals surface area contributed by atoms with Crippen molar-refractivity contribution in [2.75, 3.05) is 13.2 Å². The topological polar surface area (TPSA) is 56.1 Å². The third kappa shape index (κ3) is 5.20. The van der Waals surface area contributed by atoms with Crippen LogP contribution in [0.3, 0.4) is 0 Å². The monoisotopic (exact) mass is 363 g/mol. The minimum atomic E-state index is -0.102. The number of rotatable bonds is 8. The Kier molecular flexibility index (Phi) is 6.26. The summed E-state index contributed by atoms with van der Waals surface area (Å²) in [7, 11) is 0. The summed E-state index contributed by atoms with van der Waals surface area (Å²) in [6, 6.07) is 17.7. The number of para-hydroxylation sites is 2. The molecule has 0 atom stereocenters. The number of benzene rings is 2. The zero-order valence-electron chi connectivity index (χ0n) is 15.8.